The van der Waals surface area contributed by atoms with Gasteiger partial charge >= 0.3 is 5.97 Å². The second-order valence-electron chi connectivity index (χ2n) is 5.03. The standard InChI is InChI=1S/C12H20N2O3/c15-11-7-9(1-2-12(16)17)8-14(11)10-3-5-13-6-4-10/h9-10,13H,1-8H2,(H,16,17). The van der Waals surface area contributed by atoms with Gasteiger partial charge in [-0.2, -0.15) is 0 Å². The van der Waals surface area contributed by atoms with Crippen molar-refractivity contribution in [3.8, 4) is 0 Å². The van der Waals surface area contributed by atoms with Crippen LogP contribution < -0.4 is 5.32 Å². The van der Waals surface area contributed by atoms with Gasteiger partial charge < -0.3 is 15.3 Å². The number of carbonyl (C=O) groups excluding carboxylic acids is 1. The van der Waals surface area contributed by atoms with E-state index in [1.807, 2.05) is 4.90 Å². The third-order valence-corrected chi connectivity index (χ3v) is 3.75. The first-order chi connectivity index (χ1) is 8.16. The van der Waals surface area contributed by atoms with Gasteiger partial charge in [-0.15, -0.1) is 0 Å². The Hall–Kier alpha value is -1.10. The largest absolute Gasteiger partial charge is 0.481 e. The van der Waals surface area contributed by atoms with Crippen LogP contribution in [0.2, 0.25) is 0 Å². The first kappa shape index (κ1) is 12.4. The van der Waals surface area contributed by atoms with Gasteiger partial charge in [0.2, 0.25) is 5.91 Å². The number of piperidine rings is 1. The summed E-state index contributed by atoms with van der Waals surface area (Å²) in [5, 5.41) is 11.9. The molecule has 2 rings (SSSR count). The van der Waals surface area contributed by atoms with Crippen molar-refractivity contribution in [3.05, 3.63) is 0 Å². The van der Waals surface area contributed by atoms with Crippen LogP contribution >= 0.6 is 0 Å². The molecule has 1 unspecified atom stereocenters. The van der Waals surface area contributed by atoms with Crippen molar-refractivity contribution >= 4 is 11.9 Å². The molecule has 0 spiro atoms. The molecule has 0 saturated carbocycles. The Morgan fingerprint density at radius 3 is 2.76 bits per heavy atom. The van der Waals surface area contributed by atoms with Gasteiger partial charge in [0.25, 0.3) is 0 Å². The Labute approximate surface area is 101 Å². The topological polar surface area (TPSA) is 69.6 Å². The molecule has 2 aliphatic heterocycles. The Morgan fingerprint density at radius 1 is 1.41 bits per heavy atom. The van der Waals surface area contributed by atoms with Gasteiger partial charge in [-0.25, -0.2) is 0 Å². The number of nitrogens with zero attached hydrogens (tertiary/aromatic N) is 1. The lowest BCUT2D eigenvalue weighted by molar-refractivity contribution is -0.137. The third kappa shape index (κ3) is 3.19. The number of hydrogen-bond donors (Lipinski definition) is 2. The van der Waals surface area contributed by atoms with E-state index in [1.165, 1.54) is 0 Å². The first-order valence-corrected chi connectivity index (χ1v) is 6.39. The molecule has 96 valence electrons. The monoisotopic (exact) mass is 240 g/mol. The van der Waals surface area contributed by atoms with Crippen molar-refractivity contribution in [3.63, 3.8) is 0 Å². The SMILES string of the molecule is O=C(O)CCC1CC(=O)N(C2CCNCC2)C1. The number of nitrogens with one attached hydrogen (secondary N) is 1. The van der Waals surface area contributed by atoms with Crippen LogP contribution in [0.3, 0.4) is 0 Å². The van der Waals surface area contributed by atoms with Gasteiger partial charge in [-0.3, -0.25) is 9.59 Å². The van der Waals surface area contributed by atoms with E-state index in [9.17, 15) is 9.59 Å². The maximum absolute atomic E-state index is 11.9. The third-order valence-electron chi connectivity index (χ3n) is 3.75. The fourth-order valence-electron chi connectivity index (χ4n) is 2.80. The van der Waals surface area contributed by atoms with Crippen LogP contribution in [-0.4, -0.2) is 47.6 Å². The first-order valence-electron chi connectivity index (χ1n) is 6.39. The summed E-state index contributed by atoms with van der Waals surface area (Å²) in [6.07, 6.45) is 3.40. The fourth-order valence-corrected chi connectivity index (χ4v) is 2.80. The average Bonchev–Trinajstić information content (AvgIpc) is 2.69. The number of rotatable bonds is 4. The van der Waals surface area contributed by atoms with Gasteiger partial charge in [-0.1, -0.05) is 0 Å². The minimum absolute atomic E-state index is 0.179. The van der Waals surface area contributed by atoms with Gasteiger partial charge in [0.1, 0.15) is 0 Å². The zero-order chi connectivity index (χ0) is 12.3. The van der Waals surface area contributed by atoms with Crippen molar-refractivity contribution < 1.29 is 14.7 Å². The minimum Gasteiger partial charge on any atom is -0.481 e. The number of aliphatic carboxylic acids is 1. The Balaban J connectivity index is 1.83. The summed E-state index contributed by atoms with van der Waals surface area (Å²) in [7, 11) is 0. The highest BCUT2D eigenvalue weighted by Gasteiger charge is 2.34. The normalized spacial score (nSPS) is 26.5. The molecule has 0 aromatic rings. The summed E-state index contributed by atoms with van der Waals surface area (Å²) in [4.78, 5) is 24.4. The number of hydrogen-bond acceptors (Lipinski definition) is 3. The summed E-state index contributed by atoms with van der Waals surface area (Å²) in [6, 6.07) is 0.374. The predicted molar refractivity (Wildman–Crippen MR) is 62.6 cm³/mol. The fraction of sp³-hybridized carbons (Fsp3) is 0.833. The lowest BCUT2D eigenvalue weighted by Gasteiger charge is -2.31. The molecule has 0 radical (unpaired) electrons. The van der Waals surface area contributed by atoms with Crippen LogP contribution in [-0.2, 0) is 9.59 Å². The highest BCUT2D eigenvalue weighted by molar-refractivity contribution is 5.79. The molecule has 0 aromatic carbocycles. The zero-order valence-corrected chi connectivity index (χ0v) is 10.0. The number of likely N-dealkylation sites (tertiary alicyclic amines) is 1. The van der Waals surface area contributed by atoms with E-state index in [0.717, 1.165) is 32.5 Å². The van der Waals surface area contributed by atoms with E-state index in [1.54, 1.807) is 0 Å². The summed E-state index contributed by atoms with van der Waals surface area (Å²) >= 11 is 0. The number of carboxylic acids is 1. The lowest BCUT2D eigenvalue weighted by atomic mass is 10.0. The molecule has 5 heteroatoms. The Morgan fingerprint density at radius 2 is 2.12 bits per heavy atom. The van der Waals surface area contributed by atoms with Crippen LogP contribution in [0, 0.1) is 5.92 Å². The van der Waals surface area contributed by atoms with Crippen molar-refractivity contribution in [1.82, 2.24) is 10.2 Å². The van der Waals surface area contributed by atoms with Crippen LogP contribution in [0.25, 0.3) is 0 Å². The predicted octanol–water partition coefficient (Wildman–Crippen LogP) is 0.452. The Kier molecular flexibility index (Phi) is 3.99. The highest BCUT2D eigenvalue weighted by Crippen LogP contribution is 2.26. The zero-order valence-electron chi connectivity index (χ0n) is 10.0. The highest BCUT2D eigenvalue weighted by atomic mass is 16.4. The molecule has 2 N–H and O–H groups in total. The molecule has 2 heterocycles. The van der Waals surface area contributed by atoms with Crippen molar-refractivity contribution in [1.29, 1.82) is 0 Å². The van der Waals surface area contributed by atoms with Gasteiger partial charge in [0, 0.05) is 25.4 Å². The van der Waals surface area contributed by atoms with Crippen LogP contribution in [0.5, 0.6) is 0 Å². The molecule has 17 heavy (non-hydrogen) atoms. The van der Waals surface area contributed by atoms with E-state index < -0.39 is 5.97 Å². The van der Waals surface area contributed by atoms with E-state index in [2.05, 4.69) is 5.32 Å². The molecule has 0 aliphatic carbocycles. The van der Waals surface area contributed by atoms with Crippen LogP contribution in [0.15, 0.2) is 0 Å². The van der Waals surface area contributed by atoms with Crippen LogP contribution in [0.4, 0.5) is 0 Å². The second-order valence-corrected chi connectivity index (χ2v) is 5.03. The minimum atomic E-state index is -0.766. The van der Waals surface area contributed by atoms with Gasteiger partial charge in [0.15, 0.2) is 0 Å². The molecular formula is C12H20N2O3. The summed E-state index contributed by atoms with van der Waals surface area (Å²) in [5.74, 6) is -0.307. The van der Waals surface area contributed by atoms with E-state index in [-0.39, 0.29) is 18.2 Å². The number of carbonyl (C=O) groups is 2. The lowest BCUT2D eigenvalue weighted by Crippen LogP contribution is -2.43. The molecule has 0 bridgehead atoms. The summed E-state index contributed by atoms with van der Waals surface area (Å²) in [6.45, 7) is 2.72. The molecule has 2 saturated heterocycles. The Bertz CT molecular complexity index is 300. The number of carboxylic acid groups (broad SMARTS) is 1. The van der Waals surface area contributed by atoms with E-state index in [4.69, 9.17) is 5.11 Å². The van der Waals surface area contributed by atoms with Crippen molar-refractivity contribution in [2.24, 2.45) is 5.92 Å². The van der Waals surface area contributed by atoms with Gasteiger partial charge in [0.05, 0.1) is 0 Å². The van der Waals surface area contributed by atoms with E-state index in [0.29, 0.717) is 18.9 Å². The smallest absolute Gasteiger partial charge is 0.303 e. The van der Waals surface area contributed by atoms with E-state index >= 15 is 0 Å². The average molecular weight is 240 g/mol. The summed E-state index contributed by atoms with van der Waals surface area (Å²) < 4.78 is 0. The van der Waals surface area contributed by atoms with Crippen LogP contribution in [0.1, 0.15) is 32.1 Å². The molecule has 1 amide bonds. The maximum atomic E-state index is 11.9. The maximum Gasteiger partial charge on any atom is 0.303 e. The second kappa shape index (κ2) is 5.49. The molecule has 2 aliphatic rings. The van der Waals surface area contributed by atoms with Crippen molar-refractivity contribution in [2.45, 2.75) is 38.1 Å². The molecular weight excluding hydrogens is 220 g/mol. The van der Waals surface area contributed by atoms with Crippen molar-refractivity contribution in [2.75, 3.05) is 19.6 Å². The molecule has 1 atom stereocenters. The quantitative estimate of drug-likeness (QED) is 0.748. The number of amides is 1. The van der Waals surface area contributed by atoms with Gasteiger partial charge in [-0.05, 0) is 38.3 Å². The molecule has 0 aromatic heterocycles. The molecule has 5 nitrogen and oxygen atoms in total. The summed E-state index contributed by atoms with van der Waals surface area (Å²) in [5.41, 5.74) is 0. The molecule has 2 fully saturated rings.